The van der Waals surface area contributed by atoms with Gasteiger partial charge in [0, 0.05) is 31.2 Å². The van der Waals surface area contributed by atoms with Crippen LogP contribution in [0.15, 0.2) is 30.5 Å². The summed E-state index contributed by atoms with van der Waals surface area (Å²) in [4.78, 5) is 31.8. The molecule has 0 bridgehead atoms. The number of Topliss-reactive ketones (excluding diaryl/α,β-unsaturated/α-hetero) is 2. The Morgan fingerprint density at radius 2 is 1.97 bits per heavy atom. The van der Waals surface area contributed by atoms with Crippen molar-refractivity contribution in [2.24, 2.45) is 5.41 Å². The summed E-state index contributed by atoms with van der Waals surface area (Å²) in [5.41, 5.74) is 6.21. The number of benzene rings is 1. The average molecular weight is 405 g/mol. The van der Waals surface area contributed by atoms with E-state index < -0.39 is 0 Å². The molecule has 1 N–H and O–H groups in total. The molecule has 1 aromatic carbocycles. The molecule has 0 spiro atoms. The maximum absolute atomic E-state index is 12.8. The molecular weight excluding hydrogens is 372 g/mol. The Hall–Kier alpha value is -2.49. The van der Waals surface area contributed by atoms with E-state index in [4.69, 9.17) is 0 Å². The molecule has 0 atom stereocenters. The third kappa shape index (κ3) is 4.63. The Balaban J connectivity index is 1.65. The molecule has 2 aliphatic carbocycles. The van der Waals surface area contributed by atoms with E-state index in [9.17, 15) is 9.59 Å². The van der Waals surface area contributed by atoms with Crippen molar-refractivity contribution in [1.82, 2.24) is 9.97 Å². The molecule has 1 saturated carbocycles. The number of nitrogens with one attached hydrogen (secondary N) is 1. The van der Waals surface area contributed by atoms with E-state index in [2.05, 4.69) is 48.1 Å². The lowest BCUT2D eigenvalue weighted by atomic mass is 9.75. The SMILES string of the molecule is Cc1cnc(C(=O)Cc2ccc(C3CCC(=O)CC3)cc2C2=CCC(C)(C)CC2)[nH]1. The van der Waals surface area contributed by atoms with E-state index in [0.29, 0.717) is 42.2 Å². The number of carbonyl (C=O) groups excluding carboxylic acids is 2. The summed E-state index contributed by atoms with van der Waals surface area (Å²) in [6.07, 6.45) is 11.0. The number of aromatic nitrogens is 2. The van der Waals surface area contributed by atoms with Crippen LogP contribution in [0.1, 0.15) is 97.7 Å². The first-order valence-corrected chi connectivity index (χ1v) is 11.2. The minimum atomic E-state index is 0.0251. The molecule has 4 heteroatoms. The van der Waals surface area contributed by atoms with Crippen LogP contribution in [0.4, 0.5) is 0 Å². The molecule has 2 aromatic rings. The number of imidazole rings is 1. The Morgan fingerprint density at radius 3 is 2.60 bits per heavy atom. The molecule has 4 rings (SSSR count). The van der Waals surface area contributed by atoms with Gasteiger partial charge in [0.15, 0.2) is 5.82 Å². The predicted molar refractivity (Wildman–Crippen MR) is 120 cm³/mol. The number of hydrogen-bond donors (Lipinski definition) is 1. The number of hydrogen-bond acceptors (Lipinski definition) is 3. The number of allylic oxidation sites excluding steroid dienone is 2. The zero-order valence-corrected chi connectivity index (χ0v) is 18.4. The summed E-state index contributed by atoms with van der Waals surface area (Å²) in [7, 11) is 0. The lowest BCUT2D eigenvalue weighted by molar-refractivity contribution is -0.120. The van der Waals surface area contributed by atoms with Gasteiger partial charge in [0.05, 0.1) is 0 Å². The van der Waals surface area contributed by atoms with Crippen LogP contribution >= 0.6 is 0 Å². The molecule has 0 amide bonds. The van der Waals surface area contributed by atoms with Gasteiger partial charge in [0.2, 0.25) is 5.78 Å². The molecule has 4 nitrogen and oxygen atoms in total. The highest BCUT2D eigenvalue weighted by Crippen LogP contribution is 2.40. The minimum absolute atomic E-state index is 0.0251. The highest BCUT2D eigenvalue weighted by molar-refractivity contribution is 5.95. The van der Waals surface area contributed by atoms with Crippen molar-refractivity contribution in [2.75, 3.05) is 0 Å². The second-order valence-electron chi connectivity index (χ2n) is 9.84. The van der Waals surface area contributed by atoms with Crippen molar-refractivity contribution < 1.29 is 9.59 Å². The fraction of sp³-hybridized carbons (Fsp3) is 0.500. The topological polar surface area (TPSA) is 62.8 Å². The van der Waals surface area contributed by atoms with Crippen LogP contribution in [-0.4, -0.2) is 21.5 Å². The average Bonchev–Trinajstić information content (AvgIpc) is 3.16. The smallest absolute Gasteiger partial charge is 0.202 e. The quantitative estimate of drug-likeness (QED) is 0.625. The molecule has 2 aliphatic rings. The maximum Gasteiger partial charge on any atom is 0.202 e. The van der Waals surface area contributed by atoms with Gasteiger partial charge >= 0.3 is 0 Å². The van der Waals surface area contributed by atoms with Crippen LogP contribution in [0, 0.1) is 12.3 Å². The monoisotopic (exact) mass is 404 g/mol. The van der Waals surface area contributed by atoms with Crippen LogP contribution in [0.5, 0.6) is 0 Å². The lowest BCUT2D eigenvalue weighted by Gasteiger charge is -2.30. The van der Waals surface area contributed by atoms with Gasteiger partial charge in [0.25, 0.3) is 0 Å². The molecule has 1 heterocycles. The third-order valence-corrected chi connectivity index (χ3v) is 6.78. The zero-order valence-electron chi connectivity index (χ0n) is 18.4. The van der Waals surface area contributed by atoms with E-state index >= 15 is 0 Å². The zero-order chi connectivity index (χ0) is 21.3. The summed E-state index contributed by atoms with van der Waals surface area (Å²) >= 11 is 0. The molecule has 0 aliphatic heterocycles. The fourth-order valence-corrected chi connectivity index (χ4v) is 4.71. The first-order chi connectivity index (χ1) is 14.3. The summed E-state index contributed by atoms with van der Waals surface area (Å²) in [5.74, 6) is 1.29. The van der Waals surface area contributed by atoms with Crippen LogP contribution in [-0.2, 0) is 11.2 Å². The Kier molecular flexibility index (Phi) is 5.77. The van der Waals surface area contributed by atoms with Gasteiger partial charge in [-0.25, -0.2) is 4.98 Å². The highest BCUT2D eigenvalue weighted by Gasteiger charge is 2.26. The first-order valence-electron chi connectivity index (χ1n) is 11.2. The Labute approximate surface area is 179 Å². The largest absolute Gasteiger partial charge is 0.340 e. The van der Waals surface area contributed by atoms with Gasteiger partial charge in [-0.05, 0) is 72.6 Å². The maximum atomic E-state index is 12.8. The number of rotatable bonds is 5. The van der Waals surface area contributed by atoms with Crippen molar-refractivity contribution in [3.63, 3.8) is 0 Å². The van der Waals surface area contributed by atoms with Crippen LogP contribution in [0.3, 0.4) is 0 Å². The molecule has 1 fully saturated rings. The van der Waals surface area contributed by atoms with Crippen LogP contribution in [0.2, 0.25) is 0 Å². The molecule has 1 aromatic heterocycles. The van der Waals surface area contributed by atoms with Crippen LogP contribution in [0.25, 0.3) is 5.57 Å². The van der Waals surface area contributed by atoms with Gasteiger partial charge in [-0.15, -0.1) is 0 Å². The number of aromatic amines is 1. The van der Waals surface area contributed by atoms with Crippen molar-refractivity contribution in [2.45, 2.75) is 78.1 Å². The second-order valence-corrected chi connectivity index (χ2v) is 9.84. The fourth-order valence-electron chi connectivity index (χ4n) is 4.71. The third-order valence-electron chi connectivity index (χ3n) is 6.78. The normalized spacial score (nSPS) is 19.6. The summed E-state index contributed by atoms with van der Waals surface area (Å²) < 4.78 is 0. The molecular formula is C26H32N2O2. The van der Waals surface area contributed by atoms with Crippen molar-refractivity contribution in [3.05, 3.63) is 58.7 Å². The molecule has 30 heavy (non-hydrogen) atoms. The number of nitrogens with zero attached hydrogens (tertiary/aromatic N) is 1. The second kappa shape index (κ2) is 8.33. The van der Waals surface area contributed by atoms with E-state index in [1.54, 1.807) is 6.20 Å². The summed E-state index contributed by atoms with van der Waals surface area (Å²) in [6.45, 7) is 6.55. The lowest BCUT2D eigenvalue weighted by Crippen LogP contribution is -2.16. The van der Waals surface area contributed by atoms with Crippen molar-refractivity contribution in [1.29, 1.82) is 0 Å². The van der Waals surface area contributed by atoms with Crippen molar-refractivity contribution >= 4 is 17.1 Å². The van der Waals surface area contributed by atoms with E-state index in [0.717, 1.165) is 43.4 Å². The number of carbonyl (C=O) groups is 2. The number of aryl methyl sites for hydroxylation is 1. The van der Waals surface area contributed by atoms with E-state index in [1.165, 1.54) is 16.7 Å². The Morgan fingerprint density at radius 1 is 1.20 bits per heavy atom. The summed E-state index contributed by atoms with van der Waals surface area (Å²) in [5, 5.41) is 0. The van der Waals surface area contributed by atoms with Gasteiger partial charge < -0.3 is 4.98 Å². The highest BCUT2D eigenvalue weighted by atomic mass is 16.1. The van der Waals surface area contributed by atoms with Gasteiger partial charge in [-0.3, -0.25) is 9.59 Å². The number of H-pyrrole nitrogens is 1. The summed E-state index contributed by atoms with van der Waals surface area (Å²) in [6, 6.07) is 6.61. The van der Waals surface area contributed by atoms with E-state index in [-0.39, 0.29) is 5.78 Å². The Bertz CT molecular complexity index is 986. The van der Waals surface area contributed by atoms with Crippen molar-refractivity contribution in [3.8, 4) is 0 Å². The standard InChI is InChI=1S/C26H32N2O2/c1-17-16-27-25(28-17)24(30)15-21-5-4-20(18-6-8-22(29)9-7-18)14-23(21)19-10-12-26(2,3)13-11-19/h4-5,10,14,16,18H,6-9,11-13,15H2,1-3H3,(H,27,28). The molecule has 0 saturated heterocycles. The first kappa shape index (κ1) is 20.8. The number of ketones is 2. The molecule has 158 valence electrons. The van der Waals surface area contributed by atoms with E-state index in [1.807, 2.05) is 6.92 Å². The minimum Gasteiger partial charge on any atom is -0.340 e. The van der Waals surface area contributed by atoms with Gasteiger partial charge in [0.1, 0.15) is 5.78 Å². The molecule has 0 radical (unpaired) electrons. The van der Waals surface area contributed by atoms with Crippen LogP contribution < -0.4 is 0 Å². The molecule has 0 unspecified atom stereocenters. The predicted octanol–water partition coefficient (Wildman–Crippen LogP) is 5.96. The van der Waals surface area contributed by atoms with Gasteiger partial charge in [-0.1, -0.05) is 38.1 Å². The van der Waals surface area contributed by atoms with Gasteiger partial charge in [-0.2, -0.15) is 0 Å².